The summed E-state index contributed by atoms with van der Waals surface area (Å²) in [5.74, 6) is 1.27. The molecule has 14 heteroatoms. The second-order valence-corrected chi connectivity index (χ2v) is 15.0. The summed E-state index contributed by atoms with van der Waals surface area (Å²) in [5.41, 5.74) is 4.19. The van der Waals surface area contributed by atoms with Crippen molar-refractivity contribution in [3.05, 3.63) is 71.5 Å². The molecule has 3 amide bonds. The molecular weight excluding hydrogens is 630 g/mol. The molecule has 4 aromatic rings. The monoisotopic (exact) mass is 671 g/mol. The van der Waals surface area contributed by atoms with Crippen molar-refractivity contribution in [1.82, 2.24) is 34.3 Å². The fraction of sp³-hybridized carbons (Fsp3) is 0.441. The molecule has 7 rings (SSSR count). The third-order valence-corrected chi connectivity index (χ3v) is 11.6. The molecule has 0 saturated carbocycles. The van der Waals surface area contributed by atoms with E-state index in [-0.39, 0.29) is 18.4 Å². The average Bonchev–Trinajstić information content (AvgIpc) is 3.41. The van der Waals surface area contributed by atoms with Crippen molar-refractivity contribution in [2.24, 2.45) is 7.05 Å². The van der Waals surface area contributed by atoms with E-state index in [2.05, 4.69) is 42.7 Å². The highest BCUT2D eigenvalue weighted by atomic mass is 32.2. The standard InChI is InChI=1S/C34H41N9O4S/c1-23-20-35-33(36-21-23)37-27-10-15-42(16-11-27)48(46,47)28-5-3-4-24(18-28)22-41-13-8-25(9-14-41)26-6-7-29-30(19-26)40(2)39-32(29)43-17-12-31(44)38-34(43)45/h3-7,18-21,25,27H,8-17,22H2,1-2H3,(H,35,36,37)(H,38,44,45). The van der Waals surface area contributed by atoms with Gasteiger partial charge in [-0.25, -0.2) is 23.2 Å². The lowest BCUT2D eigenvalue weighted by Gasteiger charge is -2.33. The van der Waals surface area contributed by atoms with Crippen molar-refractivity contribution in [1.29, 1.82) is 0 Å². The van der Waals surface area contributed by atoms with Crippen LogP contribution in [0.5, 0.6) is 0 Å². The maximum atomic E-state index is 13.6. The Morgan fingerprint density at radius 2 is 1.69 bits per heavy atom. The Balaban J connectivity index is 0.946. The minimum Gasteiger partial charge on any atom is -0.351 e. The molecule has 3 aliphatic heterocycles. The lowest BCUT2D eigenvalue weighted by atomic mass is 9.89. The maximum absolute atomic E-state index is 13.6. The number of hydrogen-bond acceptors (Lipinski definition) is 9. The number of rotatable bonds is 8. The van der Waals surface area contributed by atoms with E-state index in [0.29, 0.717) is 61.6 Å². The van der Waals surface area contributed by atoms with E-state index in [0.717, 1.165) is 48.0 Å². The highest BCUT2D eigenvalue weighted by Crippen LogP contribution is 2.34. The smallest absolute Gasteiger partial charge is 0.329 e. The molecule has 3 fully saturated rings. The van der Waals surface area contributed by atoms with Gasteiger partial charge in [0.05, 0.1) is 10.4 Å². The number of carbonyl (C=O) groups excluding carboxylic acids is 2. The summed E-state index contributed by atoms with van der Waals surface area (Å²) in [6, 6.07) is 13.4. The second-order valence-electron chi connectivity index (χ2n) is 13.1. The average molecular weight is 672 g/mol. The molecule has 0 atom stereocenters. The van der Waals surface area contributed by atoms with Crippen molar-refractivity contribution in [2.75, 3.05) is 42.9 Å². The quantitative estimate of drug-likeness (QED) is 0.286. The van der Waals surface area contributed by atoms with Crippen LogP contribution in [-0.2, 0) is 28.4 Å². The van der Waals surface area contributed by atoms with E-state index in [9.17, 15) is 18.0 Å². The number of aryl methyl sites for hydroxylation is 2. The number of sulfonamides is 1. The highest BCUT2D eigenvalue weighted by Gasteiger charge is 2.31. The van der Waals surface area contributed by atoms with Gasteiger partial charge in [-0.15, -0.1) is 0 Å². The van der Waals surface area contributed by atoms with Gasteiger partial charge in [-0.2, -0.15) is 9.40 Å². The van der Waals surface area contributed by atoms with Gasteiger partial charge in [0.15, 0.2) is 5.82 Å². The number of fused-ring (bicyclic) bond motifs is 1. The molecule has 5 heterocycles. The molecule has 252 valence electrons. The number of aromatic nitrogens is 4. The Kier molecular flexibility index (Phi) is 8.88. The maximum Gasteiger partial charge on any atom is 0.329 e. The van der Waals surface area contributed by atoms with E-state index >= 15 is 0 Å². The van der Waals surface area contributed by atoms with E-state index in [1.165, 1.54) is 10.5 Å². The molecule has 48 heavy (non-hydrogen) atoms. The predicted molar refractivity (Wildman–Crippen MR) is 182 cm³/mol. The summed E-state index contributed by atoms with van der Waals surface area (Å²) in [6.45, 7) is 5.66. The first kappa shape index (κ1) is 32.2. The number of carbonyl (C=O) groups is 2. The Labute approximate surface area is 280 Å². The molecule has 0 spiro atoms. The molecular formula is C34H41N9O4S. The number of anilines is 2. The number of likely N-dealkylation sites (tertiary alicyclic amines) is 1. The molecule has 2 N–H and O–H groups in total. The van der Waals surface area contributed by atoms with Gasteiger partial charge in [0.25, 0.3) is 0 Å². The van der Waals surface area contributed by atoms with Gasteiger partial charge in [0.2, 0.25) is 21.9 Å². The number of piperidine rings is 2. The van der Waals surface area contributed by atoms with Gasteiger partial charge in [-0.05, 0) is 92.6 Å². The number of benzene rings is 2. The van der Waals surface area contributed by atoms with Crippen LogP contribution in [0.15, 0.2) is 59.8 Å². The Morgan fingerprint density at radius 3 is 2.42 bits per heavy atom. The van der Waals surface area contributed by atoms with Gasteiger partial charge in [0.1, 0.15) is 0 Å². The van der Waals surface area contributed by atoms with Crippen molar-refractivity contribution in [3.63, 3.8) is 0 Å². The zero-order valence-electron chi connectivity index (χ0n) is 27.3. The summed E-state index contributed by atoms with van der Waals surface area (Å²) in [4.78, 5) is 37.0. The third-order valence-electron chi connectivity index (χ3n) is 9.74. The molecule has 3 aliphatic rings. The topological polar surface area (TPSA) is 146 Å². The first-order chi connectivity index (χ1) is 23.1. The van der Waals surface area contributed by atoms with Crippen molar-refractivity contribution in [2.45, 2.75) is 62.4 Å². The van der Waals surface area contributed by atoms with E-state index in [4.69, 9.17) is 0 Å². The molecule has 2 aromatic heterocycles. The number of nitrogens with zero attached hydrogens (tertiary/aromatic N) is 7. The largest absolute Gasteiger partial charge is 0.351 e. The zero-order chi connectivity index (χ0) is 33.4. The number of nitrogens with one attached hydrogen (secondary N) is 2. The van der Waals surface area contributed by atoms with Crippen LogP contribution in [0.2, 0.25) is 0 Å². The summed E-state index contributed by atoms with van der Waals surface area (Å²) >= 11 is 0. The fourth-order valence-electron chi connectivity index (χ4n) is 7.00. The van der Waals surface area contributed by atoms with E-state index < -0.39 is 16.1 Å². The fourth-order valence-corrected chi connectivity index (χ4v) is 8.54. The van der Waals surface area contributed by atoms with Crippen molar-refractivity contribution < 1.29 is 18.0 Å². The molecule has 3 saturated heterocycles. The van der Waals surface area contributed by atoms with Crippen molar-refractivity contribution >= 4 is 44.6 Å². The molecule has 0 radical (unpaired) electrons. The Morgan fingerprint density at radius 1 is 0.938 bits per heavy atom. The van der Waals surface area contributed by atoms with Crippen LogP contribution < -0.4 is 15.5 Å². The lowest BCUT2D eigenvalue weighted by molar-refractivity contribution is -0.120. The molecule has 0 aliphatic carbocycles. The first-order valence-electron chi connectivity index (χ1n) is 16.6. The van der Waals surface area contributed by atoms with Gasteiger partial charge in [0, 0.05) is 63.5 Å². The molecule has 13 nitrogen and oxygen atoms in total. The molecule has 0 bridgehead atoms. The van der Waals surface area contributed by atoms with E-state index in [1.807, 2.05) is 38.2 Å². The molecule has 0 unspecified atom stereocenters. The SMILES string of the molecule is Cc1cnc(NC2CCN(S(=O)(=O)c3cccc(CN4CCC(c5ccc6c(N7CCC(=O)NC7=O)nn(C)c6c5)CC4)c3)CC2)nc1. The Bertz CT molecular complexity index is 1930. The van der Waals surface area contributed by atoms with Gasteiger partial charge in [-0.1, -0.05) is 18.2 Å². The van der Waals surface area contributed by atoms with Crippen LogP contribution in [0, 0.1) is 6.92 Å². The van der Waals surface area contributed by atoms with Crippen LogP contribution in [0.25, 0.3) is 10.9 Å². The Hall–Kier alpha value is -4.40. The summed E-state index contributed by atoms with van der Waals surface area (Å²) < 4.78 is 30.6. The van der Waals surface area contributed by atoms with Crippen LogP contribution in [0.4, 0.5) is 16.6 Å². The zero-order valence-corrected chi connectivity index (χ0v) is 28.1. The third kappa shape index (κ3) is 6.64. The predicted octanol–water partition coefficient (Wildman–Crippen LogP) is 3.76. The van der Waals surface area contributed by atoms with E-state index in [1.54, 1.807) is 27.4 Å². The van der Waals surface area contributed by atoms with Crippen LogP contribution in [-0.4, -0.2) is 88.1 Å². The summed E-state index contributed by atoms with van der Waals surface area (Å²) in [6.07, 6.45) is 7.16. The number of urea groups is 1. The summed E-state index contributed by atoms with van der Waals surface area (Å²) in [7, 11) is -1.72. The normalized spacial score (nSPS) is 19.2. The first-order valence-corrected chi connectivity index (χ1v) is 18.0. The van der Waals surface area contributed by atoms with Crippen LogP contribution in [0.1, 0.15) is 54.7 Å². The minimum atomic E-state index is -3.60. The summed E-state index contributed by atoms with van der Waals surface area (Å²) in [5, 5.41) is 11.2. The van der Waals surface area contributed by atoms with Crippen molar-refractivity contribution in [3.8, 4) is 0 Å². The second kappa shape index (κ2) is 13.2. The van der Waals surface area contributed by atoms with Gasteiger partial charge >= 0.3 is 6.03 Å². The number of imide groups is 1. The van der Waals surface area contributed by atoms with Gasteiger partial charge < -0.3 is 5.32 Å². The van der Waals surface area contributed by atoms with Crippen LogP contribution >= 0.6 is 0 Å². The highest BCUT2D eigenvalue weighted by molar-refractivity contribution is 7.89. The number of hydrogen-bond donors (Lipinski definition) is 2. The van der Waals surface area contributed by atoms with Crippen LogP contribution in [0.3, 0.4) is 0 Å². The minimum absolute atomic E-state index is 0.132. The van der Waals surface area contributed by atoms with Gasteiger partial charge in [-0.3, -0.25) is 24.6 Å². The lowest BCUT2D eigenvalue weighted by Crippen LogP contribution is -2.49. The number of amides is 3. The molecule has 2 aromatic carbocycles.